The number of hydrogen-bond donors (Lipinski definition) is 2. The summed E-state index contributed by atoms with van der Waals surface area (Å²) < 4.78 is 25.6. The predicted molar refractivity (Wildman–Crippen MR) is 102 cm³/mol. The molecule has 0 saturated heterocycles. The second kappa shape index (κ2) is 8.46. The normalized spacial score (nSPS) is 20.2. The number of carbonyl (C=O) groups excluding carboxylic acids is 2. The minimum Gasteiger partial charge on any atom is -0.348 e. The molecule has 0 radical (unpaired) electrons. The van der Waals surface area contributed by atoms with Crippen LogP contribution in [0.25, 0.3) is 0 Å². The fraction of sp³-hybridized carbons (Fsp3) is 0.444. The third-order valence-corrected chi connectivity index (χ3v) is 5.20. The number of anilines is 1. The largest absolute Gasteiger partial charge is 0.348 e. The number of hydrogen-bond acceptors (Lipinski definition) is 4. The molecular weight excluding hydrogens is 354 g/mol. The van der Waals surface area contributed by atoms with Gasteiger partial charge in [-0.3, -0.25) is 9.59 Å². The summed E-state index contributed by atoms with van der Waals surface area (Å²) in [5.41, 5.74) is 1.11. The smallest absolute Gasteiger partial charge is 0.251 e. The zero-order chi connectivity index (χ0) is 19.3. The van der Waals surface area contributed by atoms with Crippen molar-refractivity contribution in [2.75, 3.05) is 18.2 Å². The first-order chi connectivity index (χ1) is 12.2. The van der Waals surface area contributed by atoms with Gasteiger partial charge in [-0.25, -0.2) is 13.1 Å². The first-order valence-corrected chi connectivity index (χ1v) is 10.4. The van der Waals surface area contributed by atoms with Crippen LogP contribution in [0, 0.1) is 0 Å². The number of benzene rings is 1. The van der Waals surface area contributed by atoms with Crippen molar-refractivity contribution in [1.82, 2.24) is 10.0 Å². The molecule has 8 heteroatoms. The molecule has 2 atom stereocenters. The summed E-state index contributed by atoms with van der Waals surface area (Å²) in [4.78, 5) is 25.6. The van der Waals surface area contributed by atoms with E-state index < -0.39 is 10.0 Å². The van der Waals surface area contributed by atoms with E-state index in [2.05, 4.69) is 16.6 Å². The molecule has 0 spiro atoms. The third kappa shape index (κ3) is 5.40. The van der Waals surface area contributed by atoms with Gasteiger partial charge in [0.2, 0.25) is 15.9 Å². The summed E-state index contributed by atoms with van der Waals surface area (Å²) in [6, 6.07) is 6.11. The fourth-order valence-corrected chi connectivity index (χ4v) is 3.90. The lowest BCUT2D eigenvalue weighted by atomic mass is 9.91. The minimum absolute atomic E-state index is 0.237. The number of nitrogens with one attached hydrogen (secondary N) is 2. The Morgan fingerprint density at radius 2 is 1.73 bits per heavy atom. The molecule has 2 amide bonds. The van der Waals surface area contributed by atoms with Gasteiger partial charge in [-0.2, -0.15) is 0 Å². The van der Waals surface area contributed by atoms with Crippen molar-refractivity contribution in [1.29, 1.82) is 0 Å². The monoisotopic (exact) mass is 379 g/mol. The van der Waals surface area contributed by atoms with Crippen LogP contribution in [0.4, 0.5) is 5.69 Å². The van der Waals surface area contributed by atoms with Crippen LogP contribution >= 0.6 is 0 Å². The highest BCUT2D eigenvalue weighted by atomic mass is 32.2. The predicted octanol–water partition coefficient (Wildman–Crippen LogP) is 1.43. The van der Waals surface area contributed by atoms with E-state index in [0.29, 0.717) is 17.7 Å². The maximum Gasteiger partial charge on any atom is 0.251 e. The molecule has 2 rings (SSSR count). The highest BCUT2D eigenvalue weighted by Gasteiger charge is 2.28. The average molecular weight is 379 g/mol. The molecule has 26 heavy (non-hydrogen) atoms. The summed E-state index contributed by atoms with van der Waals surface area (Å²) in [5, 5.41) is 2.93. The SMILES string of the molecule is C=CC(=O)N(C)c1ccc(C(=O)N[C@@H]2CCCC[C@H]2NS(C)(=O)=O)cc1. The molecule has 1 fully saturated rings. The lowest BCUT2D eigenvalue weighted by molar-refractivity contribution is -0.113. The Kier molecular flexibility index (Phi) is 6.55. The first-order valence-electron chi connectivity index (χ1n) is 8.49. The Balaban J connectivity index is 2.06. The summed E-state index contributed by atoms with van der Waals surface area (Å²) >= 11 is 0. The van der Waals surface area contributed by atoms with Gasteiger partial charge in [-0.1, -0.05) is 19.4 Å². The molecule has 0 aromatic heterocycles. The van der Waals surface area contributed by atoms with Gasteiger partial charge in [0, 0.05) is 30.4 Å². The van der Waals surface area contributed by atoms with E-state index in [-0.39, 0.29) is 23.9 Å². The highest BCUT2D eigenvalue weighted by molar-refractivity contribution is 7.88. The van der Waals surface area contributed by atoms with Crippen LogP contribution in [0.5, 0.6) is 0 Å². The van der Waals surface area contributed by atoms with Crippen LogP contribution in [0.1, 0.15) is 36.0 Å². The van der Waals surface area contributed by atoms with Crippen LogP contribution in [0.2, 0.25) is 0 Å². The summed E-state index contributed by atoms with van der Waals surface area (Å²) in [6.07, 6.45) is 5.65. The zero-order valence-corrected chi connectivity index (χ0v) is 15.9. The Hall–Kier alpha value is -2.19. The van der Waals surface area contributed by atoms with Crippen LogP contribution in [0.3, 0.4) is 0 Å². The molecule has 0 aliphatic heterocycles. The van der Waals surface area contributed by atoms with Crippen molar-refractivity contribution in [3.05, 3.63) is 42.5 Å². The number of likely N-dealkylation sites (N-methyl/N-ethyl adjacent to an activating group) is 1. The van der Waals surface area contributed by atoms with E-state index in [9.17, 15) is 18.0 Å². The van der Waals surface area contributed by atoms with E-state index in [0.717, 1.165) is 25.5 Å². The van der Waals surface area contributed by atoms with Crippen LogP contribution in [0.15, 0.2) is 36.9 Å². The Morgan fingerprint density at radius 3 is 2.27 bits per heavy atom. The summed E-state index contributed by atoms with van der Waals surface area (Å²) in [5.74, 6) is -0.499. The van der Waals surface area contributed by atoms with Gasteiger partial charge < -0.3 is 10.2 Å². The van der Waals surface area contributed by atoms with Crippen molar-refractivity contribution in [2.24, 2.45) is 0 Å². The molecule has 1 saturated carbocycles. The van der Waals surface area contributed by atoms with Gasteiger partial charge >= 0.3 is 0 Å². The quantitative estimate of drug-likeness (QED) is 0.731. The standard InChI is InChI=1S/C18H25N3O4S/c1-4-17(22)21(2)14-11-9-13(10-12-14)18(23)19-15-7-5-6-8-16(15)20-26(3,24)25/h4,9-12,15-16,20H,1,5-8H2,2-3H3,(H,19,23)/t15-,16-/m1/s1. The number of amides is 2. The van der Waals surface area contributed by atoms with Crippen molar-refractivity contribution < 1.29 is 18.0 Å². The zero-order valence-electron chi connectivity index (χ0n) is 15.1. The molecule has 2 N–H and O–H groups in total. The number of rotatable bonds is 6. The molecule has 1 aliphatic rings. The number of sulfonamides is 1. The lowest BCUT2D eigenvalue weighted by Crippen LogP contribution is -2.52. The molecule has 1 aromatic rings. The molecular formula is C18H25N3O4S. The lowest BCUT2D eigenvalue weighted by Gasteiger charge is -2.32. The Labute approximate surface area is 154 Å². The van der Waals surface area contributed by atoms with Crippen molar-refractivity contribution in [3.8, 4) is 0 Å². The van der Waals surface area contributed by atoms with E-state index in [1.54, 1.807) is 31.3 Å². The van der Waals surface area contributed by atoms with Crippen LogP contribution in [-0.4, -0.2) is 45.6 Å². The van der Waals surface area contributed by atoms with Gasteiger partial charge in [0.1, 0.15) is 0 Å². The van der Waals surface area contributed by atoms with Gasteiger partial charge in [0.25, 0.3) is 5.91 Å². The van der Waals surface area contributed by atoms with Crippen molar-refractivity contribution in [2.45, 2.75) is 37.8 Å². The summed E-state index contributed by atoms with van der Waals surface area (Å²) in [6.45, 7) is 3.45. The molecule has 7 nitrogen and oxygen atoms in total. The summed E-state index contributed by atoms with van der Waals surface area (Å²) in [7, 11) is -1.70. The van der Waals surface area contributed by atoms with Gasteiger partial charge in [0.15, 0.2) is 0 Å². The molecule has 1 aromatic carbocycles. The Morgan fingerprint density at radius 1 is 1.15 bits per heavy atom. The van der Waals surface area contributed by atoms with E-state index >= 15 is 0 Å². The van der Waals surface area contributed by atoms with Gasteiger partial charge in [-0.15, -0.1) is 0 Å². The maximum atomic E-state index is 12.5. The van der Waals surface area contributed by atoms with Crippen molar-refractivity contribution >= 4 is 27.5 Å². The highest BCUT2D eigenvalue weighted by Crippen LogP contribution is 2.20. The molecule has 142 valence electrons. The molecule has 0 heterocycles. The average Bonchev–Trinajstić information content (AvgIpc) is 2.61. The molecule has 0 bridgehead atoms. The van der Waals surface area contributed by atoms with Gasteiger partial charge in [-0.05, 0) is 43.2 Å². The topological polar surface area (TPSA) is 95.6 Å². The number of carbonyl (C=O) groups is 2. The van der Waals surface area contributed by atoms with Crippen LogP contribution < -0.4 is 14.9 Å². The fourth-order valence-electron chi connectivity index (χ4n) is 3.07. The minimum atomic E-state index is -3.33. The molecule has 0 unspecified atom stereocenters. The van der Waals surface area contributed by atoms with E-state index in [1.807, 2.05) is 0 Å². The first kappa shape index (κ1) is 20.1. The van der Waals surface area contributed by atoms with Gasteiger partial charge in [0.05, 0.1) is 6.26 Å². The second-order valence-electron chi connectivity index (χ2n) is 6.51. The Bertz CT molecular complexity index is 774. The maximum absolute atomic E-state index is 12.5. The third-order valence-electron chi connectivity index (χ3n) is 4.47. The van der Waals surface area contributed by atoms with E-state index in [4.69, 9.17) is 0 Å². The van der Waals surface area contributed by atoms with Crippen LogP contribution in [-0.2, 0) is 14.8 Å². The molecule has 1 aliphatic carbocycles. The van der Waals surface area contributed by atoms with E-state index in [1.165, 1.54) is 11.0 Å². The second-order valence-corrected chi connectivity index (χ2v) is 8.29. The van der Waals surface area contributed by atoms with Crippen molar-refractivity contribution in [3.63, 3.8) is 0 Å². The number of nitrogens with zero attached hydrogens (tertiary/aromatic N) is 1.